The number of rotatable bonds is 4. The molecule has 0 bridgehead atoms. The van der Waals surface area contributed by atoms with Gasteiger partial charge in [0.05, 0.1) is 17.7 Å². The van der Waals surface area contributed by atoms with Crippen molar-refractivity contribution in [3.63, 3.8) is 0 Å². The Balaban J connectivity index is 1.98. The van der Waals surface area contributed by atoms with Crippen LogP contribution in [-0.2, 0) is 4.79 Å². The smallest absolute Gasteiger partial charge is 0.238 e. The van der Waals surface area contributed by atoms with E-state index in [2.05, 4.69) is 10.6 Å². The van der Waals surface area contributed by atoms with Crippen molar-refractivity contribution in [2.75, 3.05) is 11.9 Å². The van der Waals surface area contributed by atoms with Crippen LogP contribution in [0.2, 0.25) is 0 Å². The molecular weight excluding hydrogens is 228 g/mol. The summed E-state index contributed by atoms with van der Waals surface area (Å²) in [5.74, 6) is -0.143. The molecule has 0 spiro atoms. The molecule has 0 atom stereocenters. The summed E-state index contributed by atoms with van der Waals surface area (Å²) in [6.45, 7) is 0.270. The van der Waals surface area contributed by atoms with Crippen LogP contribution in [-0.4, -0.2) is 18.5 Å². The van der Waals surface area contributed by atoms with Gasteiger partial charge in [-0.25, -0.2) is 0 Å². The lowest BCUT2D eigenvalue weighted by atomic mass is 10.1. The Hall–Kier alpha value is -2.37. The maximum atomic E-state index is 11.6. The Morgan fingerprint density at radius 3 is 2.61 bits per heavy atom. The van der Waals surface area contributed by atoms with E-state index in [1.165, 1.54) is 12.1 Å². The van der Waals surface area contributed by atoms with Gasteiger partial charge >= 0.3 is 0 Å². The highest BCUT2D eigenvalue weighted by molar-refractivity contribution is 5.92. The highest BCUT2D eigenvalue weighted by Gasteiger charge is 2.21. The molecule has 1 aliphatic rings. The Morgan fingerprint density at radius 2 is 2.00 bits per heavy atom. The van der Waals surface area contributed by atoms with Gasteiger partial charge in [0.2, 0.25) is 5.91 Å². The molecule has 1 aliphatic carbocycles. The van der Waals surface area contributed by atoms with Crippen LogP contribution < -0.4 is 10.6 Å². The lowest BCUT2D eigenvalue weighted by molar-refractivity contribution is -0.115. The molecular formula is C13H12N4O. The zero-order valence-corrected chi connectivity index (χ0v) is 9.73. The van der Waals surface area contributed by atoms with Gasteiger partial charge in [-0.05, 0) is 31.0 Å². The fraction of sp³-hybridized carbons (Fsp3) is 0.308. The lowest BCUT2D eigenvalue weighted by Crippen LogP contribution is -2.29. The monoisotopic (exact) mass is 240 g/mol. The lowest BCUT2D eigenvalue weighted by Gasteiger charge is -2.06. The first-order chi connectivity index (χ1) is 8.72. The van der Waals surface area contributed by atoms with Crippen molar-refractivity contribution in [1.82, 2.24) is 5.32 Å². The van der Waals surface area contributed by atoms with E-state index in [0.29, 0.717) is 17.3 Å². The van der Waals surface area contributed by atoms with Crippen LogP contribution in [0.25, 0.3) is 0 Å². The summed E-state index contributed by atoms with van der Waals surface area (Å²) in [4.78, 5) is 11.6. The van der Waals surface area contributed by atoms with Crippen molar-refractivity contribution >= 4 is 11.6 Å². The second kappa shape index (κ2) is 5.31. The van der Waals surface area contributed by atoms with Gasteiger partial charge < -0.3 is 10.6 Å². The zero-order chi connectivity index (χ0) is 13.0. The molecule has 1 aromatic rings. The van der Waals surface area contributed by atoms with Crippen LogP contribution >= 0.6 is 0 Å². The Labute approximate surface area is 105 Å². The molecule has 0 radical (unpaired) electrons. The van der Waals surface area contributed by atoms with Crippen LogP contribution in [0.15, 0.2) is 18.2 Å². The third-order valence-corrected chi connectivity index (χ3v) is 2.67. The van der Waals surface area contributed by atoms with E-state index in [1.54, 1.807) is 6.07 Å². The Bertz CT molecular complexity index is 549. The van der Waals surface area contributed by atoms with Crippen molar-refractivity contribution in [3.05, 3.63) is 29.3 Å². The standard InChI is InChI=1S/C13H12N4O/c14-6-9-1-2-12(5-10(9)7-15)17-13(18)8-16-11-3-4-11/h1-2,5,11,16H,3-4,8H2,(H,17,18). The van der Waals surface area contributed by atoms with E-state index >= 15 is 0 Å². The minimum absolute atomic E-state index is 0.143. The molecule has 90 valence electrons. The highest BCUT2D eigenvalue weighted by atomic mass is 16.1. The number of anilines is 1. The first-order valence-corrected chi connectivity index (χ1v) is 5.70. The van der Waals surface area contributed by atoms with Crippen LogP contribution in [0.1, 0.15) is 24.0 Å². The second-order valence-electron chi connectivity index (χ2n) is 4.19. The first-order valence-electron chi connectivity index (χ1n) is 5.70. The summed E-state index contributed by atoms with van der Waals surface area (Å²) >= 11 is 0. The molecule has 2 N–H and O–H groups in total. The normalized spacial score (nSPS) is 13.4. The van der Waals surface area contributed by atoms with Crippen molar-refractivity contribution in [2.45, 2.75) is 18.9 Å². The maximum absolute atomic E-state index is 11.6. The first kappa shape index (κ1) is 12.1. The van der Waals surface area contributed by atoms with Gasteiger partial charge in [0.1, 0.15) is 12.1 Å². The van der Waals surface area contributed by atoms with Gasteiger partial charge in [-0.1, -0.05) is 0 Å². The molecule has 2 rings (SSSR count). The average molecular weight is 240 g/mol. The van der Waals surface area contributed by atoms with Crippen LogP contribution in [0.4, 0.5) is 5.69 Å². The van der Waals surface area contributed by atoms with E-state index in [9.17, 15) is 4.79 Å². The number of benzene rings is 1. The summed E-state index contributed by atoms with van der Waals surface area (Å²) < 4.78 is 0. The second-order valence-corrected chi connectivity index (χ2v) is 4.19. The molecule has 1 aromatic carbocycles. The van der Waals surface area contributed by atoms with Crippen molar-refractivity contribution in [2.24, 2.45) is 0 Å². The van der Waals surface area contributed by atoms with Crippen molar-refractivity contribution < 1.29 is 4.79 Å². The summed E-state index contributed by atoms with van der Waals surface area (Å²) in [6, 6.07) is 8.99. The number of carbonyl (C=O) groups excluding carboxylic acids is 1. The molecule has 5 heteroatoms. The molecule has 1 fully saturated rings. The van der Waals surface area contributed by atoms with E-state index in [4.69, 9.17) is 10.5 Å². The van der Waals surface area contributed by atoms with Gasteiger partial charge in [-0.15, -0.1) is 0 Å². The molecule has 0 aromatic heterocycles. The fourth-order valence-corrected chi connectivity index (χ4v) is 1.54. The number of amides is 1. The van der Waals surface area contributed by atoms with Crippen molar-refractivity contribution in [3.8, 4) is 12.1 Å². The number of hydrogen-bond donors (Lipinski definition) is 2. The minimum Gasteiger partial charge on any atom is -0.325 e. The van der Waals surface area contributed by atoms with E-state index in [-0.39, 0.29) is 18.0 Å². The van der Waals surface area contributed by atoms with E-state index in [1.807, 2.05) is 12.1 Å². The largest absolute Gasteiger partial charge is 0.325 e. The predicted molar refractivity (Wildman–Crippen MR) is 65.5 cm³/mol. The molecule has 0 heterocycles. The quantitative estimate of drug-likeness (QED) is 0.825. The van der Waals surface area contributed by atoms with Gasteiger partial charge in [-0.2, -0.15) is 10.5 Å². The number of nitriles is 2. The van der Waals surface area contributed by atoms with Crippen LogP contribution in [0, 0.1) is 22.7 Å². The topological polar surface area (TPSA) is 88.7 Å². The van der Waals surface area contributed by atoms with Gasteiger partial charge in [-0.3, -0.25) is 4.79 Å². The molecule has 0 aliphatic heterocycles. The SMILES string of the molecule is N#Cc1ccc(NC(=O)CNC2CC2)cc1C#N. The summed E-state index contributed by atoms with van der Waals surface area (Å²) in [5.41, 5.74) is 1.12. The minimum atomic E-state index is -0.143. The summed E-state index contributed by atoms with van der Waals surface area (Å²) in [5, 5.41) is 23.4. The zero-order valence-electron chi connectivity index (χ0n) is 9.73. The number of nitrogens with zero attached hydrogens (tertiary/aromatic N) is 2. The van der Waals surface area contributed by atoms with Crippen molar-refractivity contribution in [1.29, 1.82) is 10.5 Å². The van der Waals surface area contributed by atoms with E-state index < -0.39 is 0 Å². The number of nitrogens with one attached hydrogen (secondary N) is 2. The summed E-state index contributed by atoms with van der Waals surface area (Å²) in [7, 11) is 0. The summed E-state index contributed by atoms with van der Waals surface area (Å²) in [6.07, 6.45) is 2.26. The molecule has 5 nitrogen and oxygen atoms in total. The fourth-order valence-electron chi connectivity index (χ4n) is 1.54. The average Bonchev–Trinajstić information content (AvgIpc) is 3.20. The van der Waals surface area contributed by atoms with Gasteiger partial charge in [0.25, 0.3) is 0 Å². The molecule has 0 saturated heterocycles. The third-order valence-electron chi connectivity index (χ3n) is 2.67. The molecule has 0 unspecified atom stereocenters. The third kappa shape index (κ3) is 3.07. The number of hydrogen-bond acceptors (Lipinski definition) is 4. The maximum Gasteiger partial charge on any atom is 0.238 e. The van der Waals surface area contributed by atoms with E-state index in [0.717, 1.165) is 12.8 Å². The Kier molecular flexibility index (Phi) is 3.57. The molecule has 1 saturated carbocycles. The highest BCUT2D eigenvalue weighted by Crippen LogP contribution is 2.18. The van der Waals surface area contributed by atoms with Gasteiger partial charge in [0.15, 0.2) is 0 Å². The molecule has 1 amide bonds. The van der Waals surface area contributed by atoms with Gasteiger partial charge in [0, 0.05) is 11.7 Å². The van der Waals surface area contributed by atoms with Crippen LogP contribution in [0.3, 0.4) is 0 Å². The number of carbonyl (C=O) groups is 1. The predicted octanol–water partition coefficient (Wildman–Crippen LogP) is 1.12. The van der Waals surface area contributed by atoms with Crippen LogP contribution in [0.5, 0.6) is 0 Å². The molecule has 18 heavy (non-hydrogen) atoms. The Morgan fingerprint density at radius 1 is 1.28 bits per heavy atom.